The molecule has 0 radical (unpaired) electrons. The van der Waals surface area contributed by atoms with E-state index in [9.17, 15) is 9.59 Å². The fourth-order valence-electron chi connectivity index (χ4n) is 1.18. The van der Waals surface area contributed by atoms with Crippen molar-refractivity contribution in [3.8, 4) is 0 Å². The topological polar surface area (TPSA) is 88.8 Å². The summed E-state index contributed by atoms with van der Waals surface area (Å²) in [5.74, 6) is -0.725. The zero-order valence-electron chi connectivity index (χ0n) is 10.6. The van der Waals surface area contributed by atoms with Crippen LogP contribution in [0.5, 0.6) is 0 Å². The van der Waals surface area contributed by atoms with Crippen LogP contribution in [0.2, 0.25) is 0 Å². The minimum atomic E-state index is -1.02. The first-order valence-electron chi connectivity index (χ1n) is 5.46. The van der Waals surface area contributed by atoms with Crippen LogP contribution in [0.4, 0.5) is 0 Å². The third-order valence-electron chi connectivity index (χ3n) is 2.44. The standard InChI is InChI=1S/C12H17NO5/c1-12(2,11(15)16)7-13-10(14)9-5-4-8(18-9)6-17-3/h4-5H,6-7H2,1-3H3,(H,13,14)(H,15,16). The third-order valence-corrected chi connectivity index (χ3v) is 2.44. The normalized spacial score (nSPS) is 11.3. The molecule has 6 nitrogen and oxygen atoms in total. The Morgan fingerprint density at radius 3 is 2.67 bits per heavy atom. The van der Waals surface area contributed by atoms with E-state index in [1.165, 1.54) is 27.0 Å². The highest BCUT2D eigenvalue weighted by atomic mass is 16.5. The number of furan rings is 1. The molecule has 18 heavy (non-hydrogen) atoms. The summed E-state index contributed by atoms with van der Waals surface area (Å²) in [4.78, 5) is 22.6. The number of nitrogens with one attached hydrogen (secondary N) is 1. The van der Waals surface area contributed by atoms with Gasteiger partial charge in [-0.15, -0.1) is 0 Å². The Morgan fingerprint density at radius 1 is 1.44 bits per heavy atom. The molecule has 1 heterocycles. The number of ether oxygens (including phenoxy) is 1. The van der Waals surface area contributed by atoms with Crippen LogP contribution in [-0.2, 0) is 16.1 Å². The fraction of sp³-hybridized carbons (Fsp3) is 0.500. The fourth-order valence-corrected chi connectivity index (χ4v) is 1.18. The summed E-state index contributed by atoms with van der Waals surface area (Å²) in [7, 11) is 1.53. The molecule has 100 valence electrons. The maximum atomic E-state index is 11.7. The van der Waals surface area contributed by atoms with Gasteiger partial charge >= 0.3 is 5.97 Å². The van der Waals surface area contributed by atoms with Crippen molar-refractivity contribution in [2.45, 2.75) is 20.5 Å². The van der Waals surface area contributed by atoms with E-state index in [0.717, 1.165) is 0 Å². The molecular weight excluding hydrogens is 238 g/mol. The second-order valence-corrected chi connectivity index (χ2v) is 4.57. The van der Waals surface area contributed by atoms with E-state index in [1.54, 1.807) is 6.07 Å². The molecule has 0 fully saturated rings. The van der Waals surface area contributed by atoms with Crippen LogP contribution in [-0.4, -0.2) is 30.6 Å². The average molecular weight is 255 g/mol. The lowest BCUT2D eigenvalue weighted by Crippen LogP contribution is -2.38. The van der Waals surface area contributed by atoms with Crippen LogP contribution < -0.4 is 5.32 Å². The number of carboxylic acid groups (broad SMARTS) is 1. The van der Waals surface area contributed by atoms with Gasteiger partial charge in [0.1, 0.15) is 12.4 Å². The lowest BCUT2D eigenvalue weighted by Gasteiger charge is -2.18. The molecule has 0 atom stereocenters. The summed E-state index contributed by atoms with van der Waals surface area (Å²) in [6.45, 7) is 3.39. The molecule has 1 rings (SSSR count). The average Bonchev–Trinajstić information content (AvgIpc) is 2.75. The predicted molar refractivity (Wildman–Crippen MR) is 63.2 cm³/mol. The van der Waals surface area contributed by atoms with Crippen molar-refractivity contribution in [1.29, 1.82) is 0 Å². The third kappa shape index (κ3) is 3.59. The van der Waals surface area contributed by atoms with E-state index in [2.05, 4.69) is 5.32 Å². The second kappa shape index (κ2) is 5.68. The van der Waals surface area contributed by atoms with Crippen molar-refractivity contribution in [3.05, 3.63) is 23.7 Å². The monoisotopic (exact) mass is 255 g/mol. The number of hydrogen-bond acceptors (Lipinski definition) is 4. The Kier molecular flexibility index (Phi) is 4.49. The zero-order valence-corrected chi connectivity index (χ0v) is 10.6. The summed E-state index contributed by atoms with van der Waals surface area (Å²) in [6.07, 6.45) is 0. The number of methoxy groups -OCH3 is 1. The Hall–Kier alpha value is -1.82. The van der Waals surface area contributed by atoms with Crippen molar-refractivity contribution < 1.29 is 23.8 Å². The van der Waals surface area contributed by atoms with Crippen molar-refractivity contribution in [2.24, 2.45) is 5.41 Å². The first kappa shape index (κ1) is 14.2. The van der Waals surface area contributed by atoms with Gasteiger partial charge in [0.25, 0.3) is 5.91 Å². The van der Waals surface area contributed by atoms with Crippen molar-refractivity contribution >= 4 is 11.9 Å². The maximum Gasteiger partial charge on any atom is 0.310 e. The lowest BCUT2D eigenvalue weighted by molar-refractivity contribution is -0.146. The number of carbonyl (C=O) groups excluding carboxylic acids is 1. The Balaban J connectivity index is 2.57. The van der Waals surface area contributed by atoms with Crippen LogP contribution in [0.1, 0.15) is 30.2 Å². The molecule has 1 aromatic rings. The second-order valence-electron chi connectivity index (χ2n) is 4.57. The van der Waals surface area contributed by atoms with Gasteiger partial charge in [-0.05, 0) is 26.0 Å². The van der Waals surface area contributed by atoms with Crippen LogP contribution >= 0.6 is 0 Å². The summed E-state index contributed by atoms with van der Waals surface area (Å²) in [6, 6.07) is 3.16. The van der Waals surface area contributed by atoms with Gasteiger partial charge in [-0.1, -0.05) is 0 Å². The molecule has 0 aliphatic rings. The number of carbonyl (C=O) groups is 2. The molecule has 0 saturated heterocycles. The van der Waals surface area contributed by atoms with Gasteiger partial charge < -0.3 is 19.6 Å². The lowest BCUT2D eigenvalue weighted by atomic mass is 9.94. The van der Waals surface area contributed by atoms with Crippen molar-refractivity contribution in [2.75, 3.05) is 13.7 Å². The molecule has 0 aliphatic carbocycles. The Bertz CT molecular complexity index is 435. The van der Waals surface area contributed by atoms with E-state index in [0.29, 0.717) is 5.76 Å². The largest absolute Gasteiger partial charge is 0.481 e. The van der Waals surface area contributed by atoms with E-state index in [-0.39, 0.29) is 18.9 Å². The van der Waals surface area contributed by atoms with Crippen LogP contribution in [0.25, 0.3) is 0 Å². The summed E-state index contributed by atoms with van der Waals surface area (Å²) < 4.78 is 10.1. The molecule has 2 N–H and O–H groups in total. The van der Waals surface area contributed by atoms with E-state index >= 15 is 0 Å². The summed E-state index contributed by atoms with van der Waals surface area (Å²) >= 11 is 0. The quantitative estimate of drug-likeness (QED) is 0.799. The first-order valence-corrected chi connectivity index (χ1v) is 5.46. The molecule has 0 spiro atoms. The van der Waals surface area contributed by atoms with E-state index in [1.807, 2.05) is 0 Å². The Labute approximate surface area is 105 Å². The minimum Gasteiger partial charge on any atom is -0.481 e. The molecule has 0 aliphatic heterocycles. The highest BCUT2D eigenvalue weighted by Crippen LogP contribution is 2.14. The zero-order chi connectivity index (χ0) is 13.8. The van der Waals surface area contributed by atoms with Gasteiger partial charge in [-0.2, -0.15) is 0 Å². The molecule has 6 heteroatoms. The predicted octanol–water partition coefficient (Wildman–Crippen LogP) is 1.27. The Morgan fingerprint density at radius 2 is 2.11 bits per heavy atom. The molecule has 0 bridgehead atoms. The van der Waals surface area contributed by atoms with Crippen LogP contribution in [0.15, 0.2) is 16.5 Å². The molecular formula is C12H17NO5. The number of amides is 1. The van der Waals surface area contributed by atoms with Gasteiger partial charge in [0.15, 0.2) is 5.76 Å². The number of hydrogen-bond donors (Lipinski definition) is 2. The maximum absolute atomic E-state index is 11.7. The van der Waals surface area contributed by atoms with Crippen molar-refractivity contribution in [1.82, 2.24) is 5.32 Å². The molecule has 0 aromatic carbocycles. The summed E-state index contributed by atoms with van der Waals surface area (Å²) in [5, 5.41) is 11.4. The highest BCUT2D eigenvalue weighted by Gasteiger charge is 2.28. The van der Waals surface area contributed by atoms with E-state index < -0.39 is 17.3 Å². The molecule has 0 saturated carbocycles. The smallest absolute Gasteiger partial charge is 0.310 e. The van der Waals surface area contributed by atoms with Crippen LogP contribution in [0.3, 0.4) is 0 Å². The molecule has 1 amide bonds. The highest BCUT2D eigenvalue weighted by molar-refractivity contribution is 5.91. The SMILES string of the molecule is COCc1ccc(C(=O)NCC(C)(C)C(=O)O)o1. The van der Waals surface area contributed by atoms with Crippen molar-refractivity contribution in [3.63, 3.8) is 0 Å². The van der Waals surface area contributed by atoms with Crippen LogP contribution in [0, 0.1) is 5.41 Å². The number of aliphatic carboxylic acids is 1. The molecule has 1 aromatic heterocycles. The van der Waals surface area contributed by atoms with Gasteiger partial charge in [0, 0.05) is 13.7 Å². The van der Waals surface area contributed by atoms with Gasteiger partial charge in [-0.3, -0.25) is 9.59 Å². The first-order chi connectivity index (χ1) is 8.36. The van der Waals surface area contributed by atoms with Gasteiger partial charge in [-0.25, -0.2) is 0 Å². The number of rotatable bonds is 6. The van der Waals surface area contributed by atoms with Gasteiger partial charge in [0.05, 0.1) is 5.41 Å². The minimum absolute atomic E-state index is 0.0292. The van der Waals surface area contributed by atoms with Gasteiger partial charge in [0.2, 0.25) is 0 Å². The van der Waals surface area contributed by atoms with E-state index in [4.69, 9.17) is 14.3 Å². The number of carboxylic acids is 1. The summed E-state index contributed by atoms with van der Waals surface area (Å²) in [5.41, 5.74) is -1.02. The molecule has 0 unspecified atom stereocenters.